The molecule has 0 unspecified atom stereocenters. The zero-order chi connectivity index (χ0) is 14.2. The fourth-order valence-electron chi connectivity index (χ4n) is 1.75. The van der Waals surface area contributed by atoms with E-state index in [1.54, 1.807) is 0 Å². The van der Waals surface area contributed by atoms with Crippen molar-refractivity contribution in [2.24, 2.45) is 0 Å². The Labute approximate surface area is 118 Å². The van der Waals surface area contributed by atoms with Gasteiger partial charge in [0.15, 0.2) is 0 Å². The van der Waals surface area contributed by atoms with Gasteiger partial charge in [0.05, 0.1) is 6.61 Å². The lowest BCUT2D eigenvalue weighted by molar-refractivity contribution is 0.0633. The number of hydrogen-bond acceptors (Lipinski definition) is 3. The maximum atomic E-state index is 11.0. The summed E-state index contributed by atoms with van der Waals surface area (Å²) in [7, 11) is 0. The van der Waals surface area contributed by atoms with Crippen molar-refractivity contribution in [1.29, 1.82) is 0 Å². The van der Waals surface area contributed by atoms with Gasteiger partial charge in [-0.2, -0.15) is 0 Å². The Hall–Kier alpha value is -0.990. The van der Waals surface area contributed by atoms with Crippen LogP contribution in [0.25, 0.3) is 0 Å². The molecule has 3 heteroatoms. The summed E-state index contributed by atoms with van der Waals surface area (Å²) in [5.41, 5.74) is 0. The van der Waals surface area contributed by atoms with Gasteiger partial charge in [0.25, 0.3) is 0 Å². The minimum Gasteiger partial charge on any atom is -0.434 e. The molecule has 3 nitrogen and oxygen atoms in total. The Morgan fingerprint density at radius 2 is 1.53 bits per heavy atom. The molecule has 0 aliphatic carbocycles. The number of allylic oxidation sites excluding steroid dienone is 1. The van der Waals surface area contributed by atoms with Crippen LogP contribution in [0, 0.1) is 0 Å². The molecule has 19 heavy (non-hydrogen) atoms. The molecule has 0 heterocycles. The molecule has 0 saturated carbocycles. The molecule has 0 radical (unpaired) electrons. The smallest absolute Gasteiger partial charge is 0.434 e. The third-order valence-corrected chi connectivity index (χ3v) is 2.86. The SMILES string of the molecule is CCCCCCCCC/C=C/COC(=O)OCCC. The fourth-order valence-corrected chi connectivity index (χ4v) is 1.75. The topological polar surface area (TPSA) is 35.5 Å². The first-order chi connectivity index (χ1) is 9.31. The summed E-state index contributed by atoms with van der Waals surface area (Å²) in [5, 5.41) is 0. The molecule has 0 aromatic rings. The second-order valence-electron chi connectivity index (χ2n) is 4.79. The lowest BCUT2D eigenvalue weighted by Crippen LogP contribution is -2.07. The number of ether oxygens (including phenoxy) is 2. The molecule has 0 aromatic heterocycles. The minimum atomic E-state index is -0.567. The van der Waals surface area contributed by atoms with E-state index in [0.717, 1.165) is 12.8 Å². The lowest BCUT2D eigenvalue weighted by atomic mass is 10.1. The normalized spacial score (nSPS) is 10.8. The molecule has 0 aromatic carbocycles. The number of carbonyl (C=O) groups excluding carboxylic acids is 1. The van der Waals surface area contributed by atoms with Crippen LogP contribution < -0.4 is 0 Å². The van der Waals surface area contributed by atoms with E-state index in [1.807, 2.05) is 13.0 Å². The Balaban J connectivity index is 3.19. The van der Waals surface area contributed by atoms with E-state index in [-0.39, 0.29) is 0 Å². The Morgan fingerprint density at radius 3 is 2.21 bits per heavy atom. The van der Waals surface area contributed by atoms with E-state index in [4.69, 9.17) is 9.47 Å². The lowest BCUT2D eigenvalue weighted by Gasteiger charge is -2.02. The molecule has 0 N–H and O–H groups in total. The standard InChI is InChI=1S/C16H30O3/c1-3-5-6-7-8-9-10-11-12-13-15-19-16(17)18-14-4-2/h12-13H,3-11,14-15H2,1-2H3/b13-12+. The van der Waals surface area contributed by atoms with Crippen LogP contribution in [0.15, 0.2) is 12.2 Å². The predicted octanol–water partition coefficient (Wildman–Crippen LogP) is 5.25. The Kier molecular flexibility index (Phi) is 14.3. The zero-order valence-electron chi connectivity index (χ0n) is 12.7. The predicted molar refractivity (Wildman–Crippen MR) is 79.3 cm³/mol. The molecule has 0 spiro atoms. The van der Waals surface area contributed by atoms with Crippen molar-refractivity contribution in [3.63, 3.8) is 0 Å². The summed E-state index contributed by atoms with van der Waals surface area (Å²) < 4.78 is 9.66. The summed E-state index contributed by atoms with van der Waals surface area (Å²) in [6.07, 6.45) is 14.6. The van der Waals surface area contributed by atoms with Crippen molar-refractivity contribution < 1.29 is 14.3 Å². The molecule has 0 saturated heterocycles. The van der Waals surface area contributed by atoms with E-state index in [1.165, 1.54) is 44.9 Å². The van der Waals surface area contributed by atoms with E-state index < -0.39 is 6.16 Å². The molecule has 0 fully saturated rings. The maximum absolute atomic E-state index is 11.0. The van der Waals surface area contributed by atoms with Crippen molar-refractivity contribution in [1.82, 2.24) is 0 Å². The van der Waals surface area contributed by atoms with E-state index in [0.29, 0.717) is 13.2 Å². The summed E-state index contributed by atoms with van der Waals surface area (Å²) in [4.78, 5) is 11.0. The van der Waals surface area contributed by atoms with Crippen LogP contribution in [0.2, 0.25) is 0 Å². The molecule has 0 aliphatic heterocycles. The molecule has 0 bridgehead atoms. The second-order valence-corrected chi connectivity index (χ2v) is 4.79. The molecule has 112 valence electrons. The van der Waals surface area contributed by atoms with Crippen molar-refractivity contribution in [3.05, 3.63) is 12.2 Å². The van der Waals surface area contributed by atoms with E-state index in [9.17, 15) is 4.79 Å². The minimum absolute atomic E-state index is 0.318. The average Bonchev–Trinajstić information content (AvgIpc) is 2.42. The van der Waals surface area contributed by atoms with Crippen LogP contribution in [-0.2, 0) is 9.47 Å². The third-order valence-electron chi connectivity index (χ3n) is 2.86. The van der Waals surface area contributed by atoms with E-state index in [2.05, 4.69) is 13.0 Å². The molecule has 0 rings (SSSR count). The van der Waals surface area contributed by atoms with Crippen molar-refractivity contribution in [3.8, 4) is 0 Å². The van der Waals surface area contributed by atoms with Crippen molar-refractivity contribution in [2.75, 3.05) is 13.2 Å². The number of unbranched alkanes of at least 4 members (excludes halogenated alkanes) is 7. The van der Waals surface area contributed by atoms with Gasteiger partial charge in [-0.1, -0.05) is 64.5 Å². The van der Waals surface area contributed by atoms with Gasteiger partial charge in [-0.05, 0) is 19.3 Å². The van der Waals surface area contributed by atoms with Crippen LogP contribution in [-0.4, -0.2) is 19.4 Å². The highest BCUT2D eigenvalue weighted by atomic mass is 16.7. The maximum Gasteiger partial charge on any atom is 0.508 e. The number of carbonyl (C=O) groups is 1. The van der Waals surface area contributed by atoms with Crippen LogP contribution in [0.5, 0.6) is 0 Å². The van der Waals surface area contributed by atoms with Crippen molar-refractivity contribution >= 4 is 6.16 Å². The largest absolute Gasteiger partial charge is 0.508 e. The van der Waals surface area contributed by atoms with Crippen LogP contribution in [0.4, 0.5) is 4.79 Å². The molecule has 0 atom stereocenters. The first-order valence-corrected chi connectivity index (χ1v) is 7.75. The molecular weight excluding hydrogens is 240 g/mol. The Bertz CT molecular complexity index is 224. The van der Waals surface area contributed by atoms with Gasteiger partial charge in [-0.3, -0.25) is 0 Å². The fraction of sp³-hybridized carbons (Fsp3) is 0.812. The van der Waals surface area contributed by atoms with Gasteiger partial charge >= 0.3 is 6.16 Å². The Morgan fingerprint density at radius 1 is 0.842 bits per heavy atom. The first kappa shape index (κ1) is 18.0. The first-order valence-electron chi connectivity index (χ1n) is 7.75. The number of hydrogen-bond donors (Lipinski definition) is 0. The third kappa shape index (κ3) is 15.0. The van der Waals surface area contributed by atoms with Gasteiger partial charge in [0.1, 0.15) is 6.61 Å². The zero-order valence-corrected chi connectivity index (χ0v) is 12.7. The van der Waals surface area contributed by atoms with Gasteiger partial charge in [0, 0.05) is 0 Å². The monoisotopic (exact) mass is 270 g/mol. The quantitative estimate of drug-likeness (QED) is 0.276. The second kappa shape index (κ2) is 15.1. The highest BCUT2D eigenvalue weighted by Crippen LogP contribution is 2.08. The van der Waals surface area contributed by atoms with Crippen molar-refractivity contribution in [2.45, 2.75) is 71.6 Å². The molecular formula is C16H30O3. The summed E-state index contributed by atoms with van der Waals surface area (Å²) in [6, 6.07) is 0. The van der Waals surface area contributed by atoms with Crippen LogP contribution in [0.3, 0.4) is 0 Å². The van der Waals surface area contributed by atoms with Crippen LogP contribution in [0.1, 0.15) is 71.6 Å². The van der Waals surface area contributed by atoms with Gasteiger partial charge < -0.3 is 9.47 Å². The van der Waals surface area contributed by atoms with E-state index >= 15 is 0 Å². The highest BCUT2D eigenvalue weighted by Gasteiger charge is 1.99. The van der Waals surface area contributed by atoms with Gasteiger partial charge in [0.2, 0.25) is 0 Å². The molecule has 0 amide bonds. The highest BCUT2D eigenvalue weighted by molar-refractivity contribution is 5.59. The summed E-state index contributed by atoms with van der Waals surface area (Å²) in [5.74, 6) is 0. The van der Waals surface area contributed by atoms with Crippen LogP contribution >= 0.6 is 0 Å². The van der Waals surface area contributed by atoms with Gasteiger partial charge in [-0.15, -0.1) is 0 Å². The summed E-state index contributed by atoms with van der Waals surface area (Å²) >= 11 is 0. The average molecular weight is 270 g/mol. The number of rotatable bonds is 12. The molecule has 0 aliphatic rings. The summed E-state index contributed by atoms with van der Waals surface area (Å²) in [6.45, 7) is 4.94. The van der Waals surface area contributed by atoms with Gasteiger partial charge in [-0.25, -0.2) is 4.79 Å².